The fraction of sp³-hybridized carbons (Fsp3) is 0.882. The third kappa shape index (κ3) is 12.7. The number of likely N-dealkylation sites (N-methyl/N-ethyl adjacent to an activating group) is 1. The molecule has 0 radical (unpaired) electrons. The zero-order valence-electron chi connectivity index (χ0n) is 18.1. The van der Waals surface area contributed by atoms with Gasteiger partial charge in [-0.15, -0.1) is 0 Å². The van der Waals surface area contributed by atoms with Gasteiger partial charge in [-0.25, -0.2) is 4.57 Å². The van der Waals surface area contributed by atoms with Crippen LogP contribution in [0.25, 0.3) is 0 Å². The first-order valence-corrected chi connectivity index (χ1v) is 11.5. The predicted octanol–water partition coefficient (Wildman–Crippen LogP) is 1.44. The molecule has 12 heteroatoms. The number of quaternary nitrogens is 1. The van der Waals surface area contributed by atoms with Crippen molar-refractivity contribution in [2.24, 2.45) is 11.1 Å². The fourth-order valence-electron chi connectivity index (χ4n) is 2.23. The molecule has 0 bridgehead atoms. The number of phosphoric acid groups is 1. The molecule has 3 N–H and O–H groups in total. The van der Waals surface area contributed by atoms with E-state index in [0.29, 0.717) is 11.0 Å². The summed E-state index contributed by atoms with van der Waals surface area (Å²) >= 11 is 3.29. The van der Waals surface area contributed by atoms with E-state index in [0.717, 1.165) is 0 Å². The van der Waals surface area contributed by atoms with Gasteiger partial charge in [0.1, 0.15) is 30.7 Å². The number of ether oxygens (including phenoxy) is 2. The van der Waals surface area contributed by atoms with Crippen LogP contribution in [0.3, 0.4) is 0 Å². The van der Waals surface area contributed by atoms with Gasteiger partial charge < -0.3 is 24.6 Å². The summed E-state index contributed by atoms with van der Waals surface area (Å²) in [7, 11) is 1.54. The Hall–Kier alpha value is -0.550. The lowest BCUT2D eigenvalue weighted by Gasteiger charge is -2.30. The maximum Gasteiger partial charge on any atom is 0.472 e. The quantitative estimate of drug-likeness (QED) is 0.118. The van der Waals surface area contributed by atoms with Crippen molar-refractivity contribution < 1.29 is 42.1 Å². The van der Waals surface area contributed by atoms with E-state index in [4.69, 9.17) is 24.3 Å². The van der Waals surface area contributed by atoms with Crippen LogP contribution in [0.15, 0.2) is 0 Å². The minimum atomic E-state index is -4.22. The molecule has 0 aromatic rings. The number of esters is 2. The number of hydrogen-bond donors (Lipinski definition) is 2. The van der Waals surface area contributed by atoms with E-state index in [2.05, 4.69) is 15.9 Å². The molecule has 0 aromatic carbocycles. The monoisotopic (exact) mass is 505 g/mol. The van der Waals surface area contributed by atoms with Gasteiger partial charge in [-0.05, 0) is 27.2 Å². The van der Waals surface area contributed by atoms with Crippen molar-refractivity contribution in [2.45, 2.75) is 31.5 Å². The van der Waals surface area contributed by atoms with Crippen LogP contribution in [0, 0.1) is 5.41 Å². The second-order valence-electron chi connectivity index (χ2n) is 8.47. The second kappa shape index (κ2) is 11.7. The molecule has 0 saturated heterocycles. The Morgan fingerprint density at radius 1 is 1.00 bits per heavy atom. The molecule has 0 amide bonds. The Morgan fingerprint density at radius 2 is 1.52 bits per heavy atom. The van der Waals surface area contributed by atoms with Gasteiger partial charge in [0.15, 0.2) is 0 Å². The molecule has 2 atom stereocenters. The first kappa shape index (κ1) is 28.5. The van der Waals surface area contributed by atoms with Crippen molar-refractivity contribution in [3.63, 3.8) is 0 Å². The fourth-order valence-corrected chi connectivity index (χ4v) is 3.73. The second-order valence-corrected chi connectivity index (χ2v) is 11.7. The van der Waals surface area contributed by atoms with Crippen LogP contribution in [0.5, 0.6) is 0 Å². The van der Waals surface area contributed by atoms with Crippen LogP contribution in [0.2, 0.25) is 0 Å². The average Bonchev–Trinajstić information content (AvgIpc) is 2.53. The molecule has 0 fully saturated rings. The summed E-state index contributed by atoms with van der Waals surface area (Å²) in [5.74, 6) is -1.11. The molecule has 172 valence electrons. The summed E-state index contributed by atoms with van der Waals surface area (Å²) < 4.78 is 31.0. The highest BCUT2D eigenvalue weighted by Crippen LogP contribution is 2.43. The third-order valence-electron chi connectivity index (χ3n) is 3.69. The number of rotatable bonds is 14. The molecule has 0 heterocycles. The topological polar surface area (TPSA) is 134 Å². The Labute approximate surface area is 181 Å². The summed E-state index contributed by atoms with van der Waals surface area (Å²) in [5.41, 5.74) is 4.36. The first-order chi connectivity index (χ1) is 13.0. The summed E-state index contributed by atoms with van der Waals surface area (Å²) in [4.78, 5) is 34.0. The molecule has 0 spiro atoms. The summed E-state index contributed by atoms with van der Waals surface area (Å²) in [5, 5.41) is 0. The van der Waals surface area contributed by atoms with Gasteiger partial charge in [0.25, 0.3) is 0 Å². The predicted molar refractivity (Wildman–Crippen MR) is 111 cm³/mol. The molecule has 0 rings (SSSR count). The van der Waals surface area contributed by atoms with E-state index in [-0.39, 0.29) is 39.4 Å². The molecule has 0 aliphatic heterocycles. The van der Waals surface area contributed by atoms with Gasteiger partial charge >= 0.3 is 19.8 Å². The lowest BCUT2D eigenvalue weighted by atomic mass is 9.83. The molecular formula is C17H35BrN2O8P+. The lowest BCUT2D eigenvalue weighted by Crippen LogP contribution is -2.40. The molecule has 0 aromatic heterocycles. The highest BCUT2D eigenvalue weighted by Gasteiger charge is 2.42. The van der Waals surface area contributed by atoms with E-state index in [1.54, 1.807) is 20.8 Å². The van der Waals surface area contributed by atoms with Crippen LogP contribution in [-0.4, -0.2) is 86.3 Å². The number of alkyl halides is 1. The SMILES string of the molecule is CC(C)(CC(C)(Br)C(=O)OCCOP(=O)(O)OCC[N+](C)(C)C)C(=O)OCCN. The Balaban J connectivity index is 4.44. The normalized spacial score (nSPS) is 16.6. The summed E-state index contributed by atoms with van der Waals surface area (Å²) in [6.07, 6.45) is 0.107. The molecule has 0 saturated carbocycles. The molecular weight excluding hydrogens is 471 g/mol. The van der Waals surface area contributed by atoms with Crippen LogP contribution in [-0.2, 0) is 32.7 Å². The van der Waals surface area contributed by atoms with Crippen molar-refractivity contribution in [1.29, 1.82) is 0 Å². The van der Waals surface area contributed by atoms with Crippen LogP contribution >= 0.6 is 23.8 Å². The highest BCUT2D eigenvalue weighted by atomic mass is 79.9. The van der Waals surface area contributed by atoms with Crippen LogP contribution < -0.4 is 5.73 Å². The van der Waals surface area contributed by atoms with Crippen molar-refractivity contribution in [2.75, 3.05) is 60.7 Å². The van der Waals surface area contributed by atoms with E-state index < -0.39 is 29.5 Å². The molecule has 0 aliphatic rings. The minimum absolute atomic E-state index is 0.0475. The van der Waals surface area contributed by atoms with Crippen molar-refractivity contribution in [3.05, 3.63) is 0 Å². The van der Waals surface area contributed by atoms with Gasteiger partial charge in [-0.2, -0.15) is 0 Å². The number of nitrogens with two attached hydrogens (primary N) is 1. The Morgan fingerprint density at radius 3 is 2.03 bits per heavy atom. The van der Waals surface area contributed by atoms with Gasteiger partial charge in [0.2, 0.25) is 0 Å². The summed E-state index contributed by atoms with van der Waals surface area (Å²) in [6.45, 7) is 5.19. The van der Waals surface area contributed by atoms with Crippen molar-refractivity contribution >= 4 is 35.7 Å². The van der Waals surface area contributed by atoms with E-state index >= 15 is 0 Å². The Kier molecular flexibility index (Phi) is 11.5. The smallest absolute Gasteiger partial charge is 0.464 e. The maximum absolute atomic E-state index is 12.3. The first-order valence-electron chi connectivity index (χ1n) is 9.18. The third-order valence-corrected chi connectivity index (χ3v) is 5.31. The van der Waals surface area contributed by atoms with Gasteiger partial charge in [-0.1, -0.05) is 15.9 Å². The highest BCUT2D eigenvalue weighted by molar-refractivity contribution is 9.10. The molecule has 10 nitrogen and oxygen atoms in total. The number of hydrogen-bond acceptors (Lipinski definition) is 8. The van der Waals surface area contributed by atoms with E-state index in [9.17, 15) is 19.0 Å². The minimum Gasteiger partial charge on any atom is -0.464 e. The van der Waals surface area contributed by atoms with Gasteiger partial charge in [0, 0.05) is 6.54 Å². The number of nitrogens with zero attached hydrogens (tertiary/aromatic N) is 1. The Bertz CT molecular complexity index is 592. The molecule has 0 aliphatic carbocycles. The van der Waals surface area contributed by atoms with E-state index in [1.165, 1.54) is 0 Å². The maximum atomic E-state index is 12.3. The summed E-state index contributed by atoms with van der Waals surface area (Å²) in [6, 6.07) is 0. The molecule has 2 unspecified atom stereocenters. The standard InChI is InChI=1S/C17H34BrN2O8P/c1-16(2,14(21)25-9-7-19)13-17(3,18)15(22)26-11-12-28-29(23,24)27-10-8-20(4,5)6/h7-13,19H2,1-6H3/p+1. The van der Waals surface area contributed by atoms with Gasteiger partial charge in [-0.3, -0.25) is 18.6 Å². The van der Waals surface area contributed by atoms with Crippen molar-refractivity contribution in [3.8, 4) is 0 Å². The van der Waals surface area contributed by atoms with Crippen LogP contribution in [0.1, 0.15) is 27.2 Å². The number of phosphoric ester groups is 1. The average molecular weight is 506 g/mol. The number of halogens is 1. The van der Waals surface area contributed by atoms with E-state index in [1.807, 2.05) is 21.1 Å². The lowest BCUT2D eigenvalue weighted by molar-refractivity contribution is -0.870. The van der Waals surface area contributed by atoms with Crippen LogP contribution in [0.4, 0.5) is 0 Å². The zero-order chi connectivity index (χ0) is 22.9. The van der Waals surface area contributed by atoms with Crippen molar-refractivity contribution in [1.82, 2.24) is 0 Å². The number of carbonyl (C=O) groups excluding carboxylic acids is 2. The zero-order valence-corrected chi connectivity index (χ0v) is 20.6. The number of carbonyl (C=O) groups is 2. The van der Waals surface area contributed by atoms with Gasteiger partial charge in [0.05, 0.1) is 33.2 Å². The molecule has 29 heavy (non-hydrogen) atoms. The largest absolute Gasteiger partial charge is 0.472 e.